The van der Waals surface area contributed by atoms with Gasteiger partial charge in [0, 0.05) is 17.5 Å². The van der Waals surface area contributed by atoms with Gasteiger partial charge in [0.15, 0.2) is 0 Å². The molecule has 0 spiro atoms. The Labute approximate surface area is 127 Å². The fourth-order valence-corrected chi connectivity index (χ4v) is 2.38. The van der Waals surface area contributed by atoms with E-state index in [1.54, 1.807) is 6.20 Å². The van der Waals surface area contributed by atoms with Crippen LogP contribution >= 0.6 is 22.9 Å². The van der Waals surface area contributed by atoms with E-state index < -0.39 is 5.41 Å². The van der Waals surface area contributed by atoms with E-state index in [0.29, 0.717) is 6.54 Å². The third kappa shape index (κ3) is 3.55. The lowest BCUT2D eigenvalue weighted by Crippen LogP contribution is -2.37. The molecule has 0 atom stereocenters. The number of carbonyl (C=O) groups excluding carboxylic acids is 1. The monoisotopic (exact) mass is 309 g/mol. The number of carbonyl (C=O) groups is 1. The van der Waals surface area contributed by atoms with E-state index in [4.69, 9.17) is 11.6 Å². The lowest BCUT2D eigenvalue weighted by molar-refractivity contribution is -0.128. The maximum atomic E-state index is 11.9. The van der Waals surface area contributed by atoms with Crippen molar-refractivity contribution in [3.63, 3.8) is 0 Å². The molecule has 4 nitrogen and oxygen atoms in total. The second-order valence-corrected chi connectivity index (χ2v) is 6.18. The first-order chi connectivity index (χ1) is 9.53. The van der Waals surface area contributed by atoms with E-state index in [-0.39, 0.29) is 11.8 Å². The van der Waals surface area contributed by atoms with Crippen LogP contribution < -0.4 is 5.32 Å². The van der Waals surface area contributed by atoms with Crippen LogP contribution in [0.5, 0.6) is 0 Å². The number of thiazole rings is 1. The summed E-state index contributed by atoms with van der Waals surface area (Å²) in [5.74, 6) is 0.217. The number of hydrogen-bond donors (Lipinski definition) is 1. The molecule has 0 unspecified atom stereocenters. The largest absolute Gasteiger partial charge is 0.350 e. The van der Waals surface area contributed by atoms with E-state index in [0.717, 1.165) is 16.4 Å². The number of amides is 1. The van der Waals surface area contributed by atoms with E-state index in [1.165, 1.54) is 11.3 Å². The maximum Gasteiger partial charge on any atom is 0.227 e. The average molecular weight is 310 g/mol. The molecule has 2 rings (SSSR count). The molecule has 6 heteroatoms. The van der Waals surface area contributed by atoms with Crippen LogP contribution in [0.15, 0.2) is 29.8 Å². The molecular weight excluding hydrogens is 294 g/mol. The van der Waals surface area contributed by atoms with Crippen LogP contribution in [0.4, 0.5) is 0 Å². The molecule has 0 fully saturated rings. The van der Waals surface area contributed by atoms with Crippen molar-refractivity contribution < 1.29 is 4.79 Å². The summed E-state index contributed by atoms with van der Waals surface area (Å²) in [6, 6.07) is 5.71. The fourth-order valence-electron chi connectivity index (χ4n) is 1.47. The van der Waals surface area contributed by atoms with Crippen LogP contribution in [-0.4, -0.2) is 21.8 Å². The smallest absolute Gasteiger partial charge is 0.227 e. The van der Waals surface area contributed by atoms with Gasteiger partial charge < -0.3 is 5.32 Å². The van der Waals surface area contributed by atoms with Gasteiger partial charge in [-0.25, -0.2) is 4.98 Å². The van der Waals surface area contributed by atoms with E-state index in [1.807, 2.05) is 37.4 Å². The quantitative estimate of drug-likeness (QED) is 0.864. The summed E-state index contributed by atoms with van der Waals surface area (Å²) in [5, 5.41) is 5.64. The van der Waals surface area contributed by atoms with E-state index >= 15 is 0 Å². The van der Waals surface area contributed by atoms with Gasteiger partial charge in [0.2, 0.25) is 5.91 Å². The van der Waals surface area contributed by atoms with Gasteiger partial charge in [-0.05, 0) is 26.0 Å². The Morgan fingerprint density at radius 2 is 2.25 bits per heavy atom. The highest BCUT2D eigenvalue weighted by atomic mass is 35.5. The molecule has 0 aliphatic rings. The van der Waals surface area contributed by atoms with Gasteiger partial charge in [0.25, 0.3) is 0 Å². The number of aromatic nitrogens is 2. The molecule has 0 aliphatic carbocycles. The van der Waals surface area contributed by atoms with Crippen LogP contribution in [0.25, 0.3) is 10.7 Å². The second kappa shape index (κ2) is 6.33. The number of nitrogens with zero attached hydrogens (tertiary/aromatic N) is 2. The van der Waals surface area contributed by atoms with Gasteiger partial charge in [-0.3, -0.25) is 9.78 Å². The standard InChI is InChI=1S/C14H16ClN3OS/c1-14(2,9-15)13(19)17-7-10-8-20-12(18-10)11-5-3-4-6-16-11/h3-6,8H,7,9H2,1-2H3,(H,17,19). The minimum atomic E-state index is -0.568. The van der Waals surface area contributed by atoms with Crippen molar-refractivity contribution >= 4 is 28.8 Å². The third-order valence-corrected chi connectivity index (χ3v) is 4.40. The Bertz CT molecular complexity index is 583. The van der Waals surface area contributed by atoms with Crippen LogP contribution in [0.3, 0.4) is 0 Å². The van der Waals surface area contributed by atoms with Crippen LogP contribution in [-0.2, 0) is 11.3 Å². The summed E-state index contributed by atoms with van der Waals surface area (Å²) in [6.07, 6.45) is 1.74. The van der Waals surface area contributed by atoms with Crippen LogP contribution in [0, 0.1) is 5.41 Å². The number of alkyl halides is 1. The highest BCUT2D eigenvalue weighted by molar-refractivity contribution is 7.13. The van der Waals surface area contributed by atoms with Crippen molar-refractivity contribution in [1.29, 1.82) is 0 Å². The van der Waals surface area contributed by atoms with Crippen molar-refractivity contribution in [2.24, 2.45) is 5.41 Å². The molecule has 0 aliphatic heterocycles. The number of nitrogens with one attached hydrogen (secondary N) is 1. The Kier molecular flexibility index (Phi) is 4.73. The average Bonchev–Trinajstić information content (AvgIpc) is 2.94. The van der Waals surface area contributed by atoms with Crippen LogP contribution in [0.2, 0.25) is 0 Å². The third-order valence-electron chi connectivity index (χ3n) is 2.81. The molecule has 0 saturated heterocycles. The van der Waals surface area contributed by atoms with Crippen LogP contribution in [0.1, 0.15) is 19.5 Å². The first-order valence-electron chi connectivity index (χ1n) is 6.23. The van der Waals surface area contributed by atoms with E-state index in [9.17, 15) is 4.79 Å². The molecule has 1 N–H and O–H groups in total. The number of pyridine rings is 1. The predicted molar refractivity (Wildman–Crippen MR) is 81.7 cm³/mol. The van der Waals surface area contributed by atoms with E-state index in [2.05, 4.69) is 15.3 Å². The molecule has 0 radical (unpaired) electrons. The molecule has 2 aromatic rings. The lowest BCUT2D eigenvalue weighted by atomic mass is 9.95. The molecule has 1 amide bonds. The second-order valence-electron chi connectivity index (χ2n) is 5.06. The van der Waals surface area contributed by atoms with Crippen molar-refractivity contribution in [2.45, 2.75) is 20.4 Å². The highest BCUT2D eigenvalue weighted by Crippen LogP contribution is 2.22. The molecule has 0 aromatic carbocycles. The minimum Gasteiger partial charge on any atom is -0.350 e. The lowest BCUT2D eigenvalue weighted by Gasteiger charge is -2.19. The van der Waals surface area contributed by atoms with Gasteiger partial charge >= 0.3 is 0 Å². The number of rotatable bonds is 5. The predicted octanol–water partition coefficient (Wildman–Crippen LogP) is 3.09. The van der Waals surface area contributed by atoms with Gasteiger partial charge in [0.1, 0.15) is 5.01 Å². The van der Waals surface area contributed by atoms with Crippen molar-refractivity contribution in [3.8, 4) is 10.7 Å². The van der Waals surface area contributed by atoms with Crippen molar-refractivity contribution in [1.82, 2.24) is 15.3 Å². The summed E-state index contributed by atoms with van der Waals surface area (Å²) < 4.78 is 0. The maximum absolute atomic E-state index is 11.9. The molecule has 0 saturated carbocycles. The zero-order valence-corrected chi connectivity index (χ0v) is 13.0. The van der Waals surface area contributed by atoms with Gasteiger partial charge in [-0.1, -0.05) is 6.07 Å². The SMILES string of the molecule is CC(C)(CCl)C(=O)NCc1csc(-c2ccccn2)n1. The number of hydrogen-bond acceptors (Lipinski definition) is 4. The summed E-state index contributed by atoms with van der Waals surface area (Å²) in [7, 11) is 0. The summed E-state index contributed by atoms with van der Waals surface area (Å²) >= 11 is 7.29. The Hall–Kier alpha value is -1.46. The van der Waals surface area contributed by atoms with Crippen molar-refractivity contribution in [2.75, 3.05) is 5.88 Å². The van der Waals surface area contributed by atoms with Gasteiger partial charge in [-0.2, -0.15) is 0 Å². The Balaban J connectivity index is 1.99. The summed E-state index contributed by atoms with van der Waals surface area (Å²) in [5.41, 5.74) is 1.10. The zero-order valence-electron chi connectivity index (χ0n) is 11.4. The molecule has 0 bridgehead atoms. The minimum absolute atomic E-state index is 0.0695. The first-order valence-corrected chi connectivity index (χ1v) is 7.64. The topological polar surface area (TPSA) is 54.9 Å². The summed E-state index contributed by atoms with van der Waals surface area (Å²) in [4.78, 5) is 20.6. The molecule has 2 aromatic heterocycles. The normalized spacial score (nSPS) is 11.3. The Morgan fingerprint density at radius 3 is 2.90 bits per heavy atom. The molecular formula is C14H16ClN3OS. The fraction of sp³-hybridized carbons (Fsp3) is 0.357. The Morgan fingerprint density at radius 1 is 1.45 bits per heavy atom. The molecule has 2 heterocycles. The number of halogens is 1. The molecule has 20 heavy (non-hydrogen) atoms. The van der Waals surface area contributed by atoms with Gasteiger partial charge in [0.05, 0.1) is 23.3 Å². The van der Waals surface area contributed by atoms with Gasteiger partial charge in [-0.15, -0.1) is 22.9 Å². The van der Waals surface area contributed by atoms with Crippen molar-refractivity contribution in [3.05, 3.63) is 35.5 Å². The first kappa shape index (κ1) is 14.9. The highest BCUT2D eigenvalue weighted by Gasteiger charge is 2.26. The zero-order chi connectivity index (χ0) is 14.6. The molecule has 106 valence electrons. The summed E-state index contributed by atoms with van der Waals surface area (Å²) in [6.45, 7) is 4.04.